The number of ether oxygens (including phenoxy) is 6. The second kappa shape index (κ2) is 17.0. The molecule has 3 aliphatic rings. The summed E-state index contributed by atoms with van der Waals surface area (Å²) in [4.78, 5) is 40.6. The van der Waals surface area contributed by atoms with Crippen molar-refractivity contribution in [2.75, 3.05) is 0 Å². The van der Waals surface area contributed by atoms with Crippen LogP contribution in [0.5, 0.6) is 0 Å². The minimum Gasteiger partial charge on any atom is -0.457 e. The lowest BCUT2D eigenvalue weighted by atomic mass is 9.70. The van der Waals surface area contributed by atoms with Crippen molar-refractivity contribution in [1.82, 2.24) is 0 Å². The molecule has 14 atom stereocenters. The van der Waals surface area contributed by atoms with E-state index in [9.17, 15) is 14.4 Å². The van der Waals surface area contributed by atoms with E-state index in [4.69, 9.17) is 28.4 Å². The molecule has 3 heterocycles. The molecule has 306 valence electrons. The summed E-state index contributed by atoms with van der Waals surface area (Å²) in [5.74, 6) is -4.72. The highest BCUT2D eigenvalue weighted by atomic mass is 19.4. The third kappa shape index (κ3) is 10.1. The molecule has 2 fully saturated rings. The third-order valence-electron chi connectivity index (χ3n) is 12.6. The van der Waals surface area contributed by atoms with Gasteiger partial charge in [-0.15, -0.1) is 0 Å². The van der Waals surface area contributed by atoms with Crippen LogP contribution in [0.2, 0.25) is 0 Å². The van der Waals surface area contributed by atoms with Crippen LogP contribution >= 0.6 is 0 Å². The molecule has 0 amide bonds. The summed E-state index contributed by atoms with van der Waals surface area (Å²) in [5, 5.41) is 0. The molecule has 0 bridgehead atoms. The highest BCUT2D eigenvalue weighted by Crippen LogP contribution is 2.47. The SMILES string of the molecule is CC[C@H]1OC(=O)[C@H](C)[C@@H](OC2CC(C)(C)[C@@H](C)[C@H](C)O2)[C@H](C)[C@@H](OC2O[C@H](C)C[C@H](C)[C@H]2C)C(C)(C)C[C@@H](C)C(=O)/C(C)=C/[C@@]1(OC(C)=O)C(F)(F)F. The fraction of sp³-hybridized carbons (Fsp3) is 0.878. The number of alkyl halides is 3. The second-order valence-corrected chi connectivity index (χ2v) is 17.9. The maximum Gasteiger partial charge on any atom is 0.435 e. The number of ketones is 1. The van der Waals surface area contributed by atoms with Crippen molar-refractivity contribution in [1.29, 1.82) is 0 Å². The average Bonchev–Trinajstić information content (AvgIpc) is 3.02. The van der Waals surface area contributed by atoms with Crippen molar-refractivity contribution in [3.8, 4) is 0 Å². The Bertz CT molecular complexity index is 1330. The Balaban J connectivity index is 2.28. The van der Waals surface area contributed by atoms with E-state index in [1.54, 1.807) is 13.8 Å². The van der Waals surface area contributed by atoms with E-state index in [2.05, 4.69) is 34.6 Å². The summed E-state index contributed by atoms with van der Waals surface area (Å²) < 4.78 is 83.2. The summed E-state index contributed by atoms with van der Waals surface area (Å²) in [6, 6.07) is 0. The van der Waals surface area contributed by atoms with Crippen molar-refractivity contribution in [2.45, 2.75) is 184 Å². The molecule has 0 aromatic heterocycles. The van der Waals surface area contributed by atoms with Gasteiger partial charge >= 0.3 is 18.1 Å². The van der Waals surface area contributed by atoms with Crippen LogP contribution in [0.4, 0.5) is 13.2 Å². The lowest BCUT2D eigenvalue weighted by molar-refractivity contribution is -0.295. The normalized spacial score (nSPS) is 42.8. The molecule has 0 aromatic carbocycles. The van der Waals surface area contributed by atoms with Gasteiger partial charge in [0.05, 0.1) is 30.3 Å². The molecule has 12 heteroatoms. The zero-order chi connectivity index (χ0) is 40.6. The van der Waals surface area contributed by atoms with Gasteiger partial charge in [-0.05, 0) is 81.3 Å². The number of carbonyl (C=O) groups is 3. The number of allylic oxidation sites excluding steroid dienone is 1. The van der Waals surface area contributed by atoms with Crippen molar-refractivity contribution in [2.24, 2.45) is 46.3 Å². The standard InChI is InChI=1S/C41H67F3O9/c1-16-31-40(41(42,43)44,53-30(11)45)19-23(4)33(46)22(3)18-39(14,15)35(52-37-25(6)21(2)17-24(5)48-37)26(7)34(27(8)36(47)50-31)51-32-20-38(12,13)28(9)29(10)49-32/h19,21-22,24-29,31-32,34-35,37H,16-18,20H2,1-15H3/b23-19+/t21-,22+,24+,25+,26-,27+,28-,29-,31+,32?,34-,35+,37?,40-/m0/s1. The van der Waals surface area contributed by atoms with E-state index < -0.39 is 83.6 Å². The van der Waals surface area contributed by atoms with E-state index in [1.165, 1.54) is 13.8 Å². The van der Waals surface area contributed by atoms with Gasteiger partial charge in [0.2, 0.25) is 0 Å². The molecule has 0 radical (unpaired) electrons. The number of rotatable bonds is 6. The molecule has 0 N–H and O–H groups in total. The van der Waals surface area contributed by atoms with Crippen LogP contribution in [-0.4, -0.2) is 72.6 Å². The van der Waals surface area contributed by atoms with Crippen LogP contribution in [0.3, 0.4) is 0 Å². The molecule has 3 rings (SSSR count). The smallest absolute Gasteiger partial charge is 0.435 e. The van der Waals surface area contributed by atoms with Gasteiger partial charge in [-0.1, -0.05) is 69.2 Å². The predicted octanol–water partition coefficient (Wildman–Crippen LogP) is 9.00. The number of cyclic esters (lactones) is 1. The third-order valence-corrected chi connectivity index (χ3v) is 12.6. The lowest BCUT2D eigenvalue weighted by Gasteiger charge is -2.49. The molecule has 53 heavy (non-hydrogen) atoms. The average molecular weight is 761 g/mol. The van der Waals surface area contributed by atoms with Gasteiger partial charge in [0.15, 0.2) is 24.5 Å². The minimum absolute atomic E-state index is 0.0279. The molecular weight excluding hydrogens is 693 g/mol. The van der Waals surface area contributed by atoms with Gasteiger partial charge in [-0.2, -0.15) is 13.2 Å². The second-order valence-electron chi connectivity index (χ2n) is 17.9. The fourth-order valence-electron chi connectivity index (χ4n) is 8.90. The Labute approximate surface area is 315 Å². The van der Waals surface area contributed by atoms with Crippen LogP contribution in [-0.2, 0) is 42.8 Å². The van der Waals surface area contributed by atoms with Gasteiger partial charge in [-0.25, -0.2) is 0 Å². The van der Waals surface area contributed by atoms with Gasteiger partial charge < -0.3 is 28.4 Å². The van der Waals surface area contributed by atoms with E-state index in [0.29, 0.717) is 18.4 Å². The predicted molar refractivity (Wildman–Crippen MR) is 194 cm³/mol. The Morgan fingerprint density at radius 1 is 0.906 bits per heavy atom. The quantitative estimate of drug-likeness (QED) is 0.245. The van der Waals surface area contributed by atoms with Crippen molar-refractivity contribution in [3.05, 3.63) is 11.6 Å². The van der Waals surface area contributed by atoms with Gasteiger partial charge in [0, 0.05) is 31.1 Å². The molecule has 0 aliphatic carbocycles. The zero-order valence-electron chi connectivity index (χ0n) is 34.7. The minimum atomic E-state index is -5.24. The fourth-order valence-corrected chi connectivity index (χ4v) is 8.90. The van der Waals surface area contributed by atoms with E-state index >= 15 is 13.2 Å². The molecular formula is C41H67F3O9. The maximum atomic E-state index is 15.3. The number of halogens is 3. The molecule has 0 saturated carbocycles. The van der Waals surface area contributed by atoms with E-state index in [0.717, 1.165) is 13.3 Å². The Kier molecular flexibility index (Phi) is 14.6. The first-order valence-electron chi connectivity index (χ1n) is 19.5. The van der Waals surface area contributed by atoms with Crippen LogP contribution < -0.4 is 0 Å². The molecule has 9 nitrogen and oxygen atoms in total. The summed E-state index contributed by atoms with van der Waals surface area (Å²) in [7, 11) is 0. The maximum absolute atomic E-state index is 15.3. The first kappa shape index (κ1) is 45.4. The highest BCUT2D eigenvalue weighted by molar-refractivity contribution is 5.96. The van der Waals surface area contributed by atoms with Gasteiger partial charge in [0.25, 0.3) is 5.60 Å². The monoisotopic (exact) mass is 760 g/mol. The molecule has 0 aromatic rings. The topological polar surface area (TPSA) is 107 Å². The number of Topliss-reactive ketones (excluding diaryl/α,β-unsaturated/α-hetero) is 1. The number of carbonyl (C=O) groups excluding carboxylic acids is 3. The molecule has 0 spiro atoms. The summed E-state index contributed by atoms with van der Waals surface area (Å²) in [6.07, 6.45) is -8.62. The summed E-state index contributed by atoms with van der Waals surface area (Å²) in [6.45, 7) is 27.2. The largest absolute Gasteiger partial charge is 0.457 e. The van der Waals surface area contributed by atoms with Crippen molar-refractivity contribution in [3.63, 3.8) is 0 Å². The highest BCUT2D eigenvalue weighted by Gasteiger charge is 2.63. The number of esters is 2. The van der Waals surface area contributed by atoms with Crippen molar-refractivity contribution >= 4 is 17.7 Å². The summed E-state index contributed by atoms with van der Waals surface area (Å²) in [5.41, 5.74) is -4.66. The van der Waals surface area contributed by atoms with Crippen LogP contribution in [0.25, 0.3) is 0 Å². The van der Waals surface area contributed by atoms with Crippen molar-refractivity contribution < 1.29 is 56.0 Å². The molecule has 2 saturated heterocycles. The Morgan fingerprint density at radius 3 is 2.04 bits per heavy atom. The zero-order valence-corrected chi connectivity index (χ0v) is 34.7. The molecule has 3 aliphatic heterocycles. The number of hydrogen-bond acceptors (Lipinski definition) is 9. The van der Waals surface area contributed by atoms with E-state index in [1.807, 2.05) is 34.6 Å². The first-order chi connectivity index (χ1) is 24.2. The van der Waals surface area contributed by atoms with Crippen LogP contribution in [0.15, 0.2) is 11.6 Å². The summed E-state index contributed by atoms with van der Waals surface area (Å²) >= 11 is 0. The Hall–Kier alpha value is -2.02. The van der Waals surface area contributed by atoms with Gasteiger partial charge in [0.1, 0.15) is 0 Å². The van der Waals surface area contributed by atoms with Gasteiger partial charge in [-0.3, -0.25) is 14.4 Å². The van der Waals surface area contributed by atoms with E-state index in [-0.39, 0.29) is 47.9 Å². The van der Waals surface area contributed by atoms with Crippen LogP contribution in [0.1, 0.15) is 130 Å². The Morgan fingerprint density at radius 2 is 1.51 bits per heavy atom. The first-order valence-corrected chi connectivity index (χ1v) is 19.5. The van der Waals surface area contributed by atoms with Crippen LogP contribution in [0, 0.1) is 46.3 Å². The molecule has 2 unspecified atom stereocenters. The lowest BCUT2D eigenvalue weighted by Crippen LogP contribution is -2.58. The number of hydrogen-bond donors (Lipinski definition) is 0.